The smallest absolute Gasteiger partial charge is 0.226 e. The summed E-state index contributed by atoms with van der Waals surface area (Å²) in [7, 11) is 0. The summed E-state index contributed by atoms with van der Waals surface area (Å²) in [6.45, 7) is -0.244. The Kier molecular flexibility index (Phi) is 6.64. The number of aromatic nitrogens is 2. The lowest BCUT2D eigenvalue weighted by Gasteiger charge is -2.20. The van der Waals surface area contributed by atoms with Gasteiger partial charge in [-0.25, -0.2) is 4.98 Å². The summed E-state index contributed by atoms with van der Waals surface area (Å²) in [5, 5.41) is 25.2. The van der Waals surface area contributed by atoms with Gasteiger partial charge >= 0.3 is 0 Å². The number of thiazole rings is 1. The number of benzene rings is 1. The Labute approximate surface area is 161 Å². The number of carbonyl (C=O) groups excluding carboxylic acids is 1. The van der Waals surface area contributed by atoms with Gasteiger partial charge in [-0.05, 0) is 24.1 Å². The molecule has 7 heteroatoms. The van der Waals surface area contributed by atoms with E-state index in [9.17, 15) is 15.0 Å². The Morgan fingerprint density at radius 2 is 1.93 bits per heavy atom. The van der Waals surface area contributed by atoms with Gasteiger partial charge in [0.1, 0.15) is 5.01 Å². The van der Waals surface area contributed by atoms with Gasteiger partial charge in [-0.2, -0.15) is 0 Å². The van der Waals surface area contributed by atoms with Crippen LogP contribution < -0.4 is 5.32 Å². The van der Waals surface area contributed by atoms with Crippen molar-refractivity contribution in [3.8, 4) is 10.7 Å². The van der Waals surface area contributed by atoms with Gasteiger partial charge in [0, 0.05) is 11.6 Å². The number of carbonyl (C=O) groups is 1. The first kappa shape index (κ1) is 19.2. The Hall–Kier alpha value is -2.61. The first-order chi connectivity index (χ1) is 13.2. The van der Waals surface area contributed by atoms with Gasteiger partial charge in [-0.3, -0.25) is 9.78 Å². The number of nitrogens with zero attached hydrogens (tertiary/aromatic N) is 2. The highest BCUT2D eigenvalue weighted by atomic mass is 32.1. The predicted molar refractivity (Wildman–Crippen MR) is 104 cm³/mol. The van der Waals surface area contributed by atoms with Crippen LogP contribution in [0.4, 0.5) is 0 Å². The lowest BCUT2D eigenvalue weighted by Crippen LogP contribution is -2.39. The van der Waals surface area contributed by atoms with Gasteiger partial charge in [0.05, 0.1) is 36.6 Å². The summed E-state index contributed by atoms with van der Waals surface area (Å²) in [6, 6.07) is 14.2. The van der Waals surface area contributed by atoms with E-state index < -0.39 is 12.1 Å². The van der Waals surface area contributed by atoms with Crippen molar-refractivity contribution in [3.05, 3.63) is 71.4 Å². The van der Waals surface area contributed by atoms with E-state index >= 15 is 0 Å². The van der Waals surface area contributed by atoms with Crippen molar-refractivity contribution in [2.75, 3.05) is 6.61 Å². The van der Waals surface area contributed by atoms with Crippen LogP contribution in [-0.4, -0.2) is 38.7 Å². The molecule has 27 heavy (non-hydrogen) atoms. The second kappa shape index (κ2) is 9.36. The van der Waals surface area contributed by atoms with Crippen LogP contribution in [0.5, 0.6) is 0 Å². The molecule has 0 saturated heterocycles. The third kappa shape index (κ3) is 5.43. The molecule has 0 saturated carbocycles. The van der Waals surface area contributed by atoms with Gasteiger partial charge in [0.25, 0.3) is 0 Å². The van der Waals surface area contributed by atoms with Crippen LogP contribution in [0.25, 0.3) is 10.7 Å². The van der Waals surface area contributed by atoms with E-state index in [0.29, 0.717) is 5.69 Å². The molecule has 0 spiro atoms. The van der Waals surface area contributed by atoms with Crippen LogP contribution in [0, 0.1) is 0 Å². The molecule has 0 aliphatic heterocycles. The van der Waals surface area contributed by atoms with E-state index in [1.165, 1.54) is 11.3 Å². The van der Waals surface area contributed by atoms with Gasteiger partial charge < -0.3 is 15.5 Å². The van der Waals surface area contributed by atoms with Crippen LogP contribution in [0.2, 0.25) is 0 Å². The standard InChI is InChI=1S/C20H21N3O3S/c24-12-15(10-18(25)14-6-2-1-3-7-14)22-19(26)11-16-13-27-20(23-16)17-8-4-5-9-21-17/h1-9,13,15,18,24-25H,10-12H2,(H,22,26). The molecule has 0 aliphatic rings. The Balaban J connectivity index is 1.55. The summed E-state index contributed by atoms with van der Waals surface area (Å²) in [5.41, 5.74) is 2.18. The normalized spacial score (nSPS) is 13.1. The zero-order valence-electron chi connectivity index (χ0n) is 14.7. The molecule has 1 amide bonds. The van der Waals surface area contributed by atoms with E-state index in [1.54, 1.807) is 6.20 Å². The second-order valence-corrected chi connectivity index (χ2v) is 7.00. The first-order valence-electron chi connectivity index (χ1n) is 8.64. The van der Waals surface area contributed by atoms with Crippen molar-refractivity contribution < 1.29 is 15.0 Å². The molecule has 3 N–H and O–H groups in total. The maximum atomic E-state index is 12.3. The fourth-order valence-corrected chi connectivity index (χ4v) is 3.49. The van der Waals surface area contributed by atoms with Crippen LogP contribution in [-0.2, 0) is 11.2 Å². The molecule has 2 atom stereocenters. The SMILES string of the molecule is O=C(Cc1csc(-c2ccccn2)n1)NC(CO)CC(O)c1ccccc1. The third-order valence-corrected chi connectivity index (χ3v) is 4.97. The lowest BCUT2D eigenvalue weighted by molar-refractivity contribution is -0.121. The molecule has 0 aliphatic carbocycles. The predicted octanol–water partition coefficient (Wildman–Crippen LogP) is 2.35. The van der Waals surface area contributed by atoms with Gasteiger partial charge in [0.15, 0.2) is 0 Å². The Morgan fingerprint density at radius 1 is 1.15 bits per heavy atom. The topological polar surface area (TPSA) is 95.3 Å². The molecule has 6 nitrogen and oxygen atoms in total. The van der Waals surface area contributed by atoms with Crippen LogP contribution in [0.1, 0.15) is 23.8 Å². The average Bonchev–Trinajstić information content (AvgIpc) is 3.17. The molecular weight excluding hydrogens is 362 g/mol. The van der Waals surface area contributed by atoms with Crippen molar-refractivity contribution >= 4 is 17.2 Å². The average molecular weight is 383 g/mol. The van der Waals surface area contributed by atoms with Crippen molar-refractivity contribution in [2.45, 2.75) is 25.0 Å². The van der Waals surface area contributed by atoms with Crippen molar-refractivity contribution in [1.82, 2.24) is 15.3 Å². The summed E-state index contributed by atoms with van der Waals surface area (Å²) in [5.74, 6) is -0.243. The minimum atomic E-state index is -0.751. The molecule has 140 valence electrons. The summed E-state index contributed by atoms with van der Waals surface area (Å²) < 4.78 is 0. The molecule has 3 rings (SSSR count). The highest BCUT2D eigenvalue weighted by Gasteiger charge is 2.18. The molecule has 2 aromatic heterocycles. The maximum Gasteiger partial charge on any atom is 0.226 e. The molecule has 0 bridgehead atoms. The molecule has 0 fully saturated rings. The molecule has 0 radical (unpaired) electrons. The molecular formula is C20H21N3O3S. The fourth-order valence-electron chi connectivity index (χ4n) is 2.70. The van der Waals surface area contributed by atoms with E-state index in [1.807, 2.05) is 53.9 Å². The zero-order valence-corrected chi connectivity index (χ0v) is 15.5. The molecule has 2 heterocycles. The second-order valence-electron chi connectivity index (χ2n) is 6.14. The summed E-state index contributed by atoms with van der Waals surface area (Å²) in [4.78, 5) is 21.0. The number of nitrogens with one attached hydrogen (secondary N) is 1. The van der Waals surface area contributed by atoms with E-state index in [2.05, 4.69) is 15.3 Å². The molecule has 2 unspecified atom stereocenters. The molecule has 3 aromatic rings. The van der Waals surface area contributed by atoms with Gasteiger partial charge in [-0.15, -0.1) is 11.3 Å². The van der Waals surface area contributed by atoms with Crippen LogP contribution in [0.3, 0.4) is 0 Å². The first-order valence-corrected chi connectivity index (χ1v) is 9.52. The number of aliphatic hydroxyl groups excluding tert-OH is 2. The number of amides is 1. The minimum absolute atomic E-state index is 0.112. The zero-order chi connectivity index (χ0) is 19.1. The fraction of sp³-hybridized carbons (Fsp3) is 0.250. The van der Waals surface area contributed by atoms with Crippen LogP contribution >= 0.6 is 11.3 Å². The van der Waals surface area contributed by atoms with Crippen molar-refractivity contribution in [2.24, 2.45) is 0 Å². The van der Waals surface area contributed by atoms with Gasteiger partial charge in [-0.1, -0.05) is 36.4 Å². The van der Waals surface area contributed by atoms with Crippen molar-refractivity contribution in [3.63, 3.8) is 0 Å². The number of pyridine rings is 1. The summed E-state index contributed by atoms with van der Waals surface area (Å²) in [6.07, 6.45) is 1.30. The minimum Gasteiger partial charge on any atom is -0.394 e. The van der Waals surface area contributed by atoms with E-state index in [4.69, 9.17) is 0 Å². The number of aliphatic hydroxyl groups is 2. The quantitative estimate of drug-likeness (QED) is 0.555. The van der Waals surface area contributed by atoms with Crippen molar-refractivity contribution in [1.29, 1.82) is 0 Å². The third-order valence-electron chi connectivity index (χ3n) is 4.06. The van der Waals surface area contributed by atoms with E-state index in [0.717, 1.165) is 16.3 Å². The Morgan fingerprint density at radius 3 is 2.63 bits per heavy atom. The summed E-state index contributed by atoms with van der Waals surface area (Å²) >= 11 is 1.43. The lowest BCUT2D eigenvalue weighted by atomic mass is 10.0. The largest absolute Gasteiger partial charge is 0.394 e. The monoisotopic (exact) mass is 383 g/mol. The maximum absolute atomic E-state index is 12.3. The molecule has 1 aromatic carbocycles. The highest BCUT2D eigenvalue weighted by Crippen LogP contribution is 2.22. The highest BCUT2D eigenvalue weighted by molar-refractivity contribution is 7.13. The number of rotatable bonds is 8. The van der Waals surface area contributed by atoms with Gasteiger partial charge in [0.2, 0.25) is 5.91 Å². The number of hydrogen-bond acceptors (Lipinski definition) is 6. The van der Waals surface area contributed by atoms with E-state index in [-0.39, 0.29) is 25.4 Å². The van der Waals surface area contributed by atoms with Crippen LogP contribution in [0.15, 0.2) is 60.1 Å². The number of hydrogen-bond donors (Lipinski definition) is 3. The Bertz CT molecular complexity index is 855.